The topological polar surface area (TPSA) is 41.1 Å². The van der Waals surface area contributed by atoms with Crippen molar-refractivity contribution < 1.29 is 18.0 Å². The third kappa shape index (κ3) is 9.76. The van der Waals surface area contributed by atoms with E-state index >= 15 is 0 Å². The van der Waals surface area contributed by atoms with E-state index in [9.17, 15) is 18.0 Å². The minimum absolute atomic E-state index is 0.332. The zero-order valence-electron chi connectivity index (χ0n) is 13.2. The summed E-state index contributed by atoms with van der Waals surface area (Å²) in [7, 11) is 1.30. The van der Waals surface area contributed by atoms with E-state index in [1.807, 2.05) is 27.7 Å². The summed E-state index contributed by atoms with van der Waals surface area (Å²) in [5.41, 5.74) is 0.332. The number of amides is 1. The largest absolute Gasteiger partial charge is 0.409 e. The smallest absolute Gasteiger partial charge is 0.374 e. The Kier molecular flexibility index (Phi) is 12.4. The summed E-state index contributed by atoms with van der Waals surface area (Å²) in [5, 5.41) is 4.47. The van der Waals surface area contributed by atoms with Crippen LogP contribution in [0.25, 0.3) is 0 Å². The number of para-hydroxylation sites is 1. The first kappa shape index (κ1) is 21.6. The molecule has 0 aromatic heterocycles. The molecule has 0 heterocycles. The van der Waals surface area contributed by atoms with E-state index in [1.54, 1.807) is 18.2 Å². The lowest BCUT2D eigenvalue weighted by atomic mass is 10.1. The Hall–Kier alpha value is -1.72. The highest BCUT2D eigenvalue weighted by molar-refractivity contribution is 5.76. The van der Waals surface area contributed by atoms with Crippen molar-refractivity contribution in [2.75, 3.05) is 12.4 Å². The number of anilines is 1. The van der Waals surface area contributed by atoms with Crippen molar-refractivity contribution in [3.05, 3.63) is 30.3 Å². The van der Waals surface area contributed by atoms with Gasteiger partial charge in [-0.05, 0) is 12.1 Å². The fraction of sp³-hybridized carbons (Fsp3) is 0.533. The molecule has 1 atom stereocenters. The van der Waals surface area contributed by atoms with Crippen molar-refractivity contribution in [3.63, 3.8) is 0 Å². The summed E-state index contributed by atoms with van der Waals surface area (Å²) in [6.07, 6.45) is -5.11. The Morgan fingerprint density at radius 2 is 1.57 bits per heavy atom. The molecule has 3 nitrogen and oxygen atoms in total. The third-order valence-corrected chi connectivity index (χ3v) is 2.18. The fourth-order valence-electron chi connectivity index (χ4n) is 1.27. The number of nitrogens with one attached hydrogen (secondary N) is 2. The number of halogens is 3. The SMILES string of the molecule is CC.CC.CNC(=O)CC(Nc1ccccc1)C(F)(F)F. The third-order valence-electron chi connectivity index (χ3n) is 2.18. The number of alkyl halides is 3. The quantitative estimate of drug-likeness (QED) is 0.874. The summed E-state index contributed by atoms with van der Waals surface area (Å²) in [6, 6.07) is 6.09. The van der Waals surface area contributed by atoms with Crippen LogP contribution in [0.15, 0.2) is 30.3 Å². The van der Waals surface area contributed by atoms with Gasteiger partial charge in [-0.15, -0.1) is 0 Å². The van der Waals surface area contributed by atoms with E-state index < -0.39 is 24.5 Å². The van der Waals surface area contributed by atoms with Crippen LogP contribution in [-0.2, 0) is 4.79 Å². The zero-order chi connectivity index (χ0) is 16.9. The highest BCUT2D eigenvalue weighted by Crippen LogP contribution is 2.25. The van der Waals surface area contributed by atoms with E-state index in [0.717, 1.165) is 0 Å². The molecule has 1 unspecified atom stereocenters. The first-order chi connectivity index (χ1) is 9.93. The van der Waals surface area contributed by atoms with Crippen molar-refractivity contribution in [2.45, 2.75) is 46.3 Å². The van der Waals surface area contributed by atoms with Gasteiger partial charge in [0.05, 0.1) is 6.42 Å². The van der Waals surface area contributed by atoms with Gasteiger partial charge in [0.1, 0.15) is 6.04 Å². The van der Waals surface area contributed by atoms with Crippen LogP contribution in [0.2, 0.25) is 0 Å². The van der Waals surface area contributed by atoms with Crippen molar-refractivity contribution in [1.29, 1.82) is 0 Å². The van der Waals surface area contributed by atoms with E-state index in [-0.39, 0.29) is 0 Å². The molecule has 0 aliphatic rings. The maximum Gasteiger partial charge on any atom is 0.409 e. The maximum atomic E-state index is 12.7. The predicted octanol–water partition coefficient (Wildman–Crippen LogP) is 4.22. The van der Waals surface area contributed by atoms with Crippen molar-refractivity contribution in [2.24, 2.45) is 0 Å². The molecular formula is C15H25F3N2O. The molecule has 0 saturated heterocycles. The molecular weight excluding hydrogens is 281 g/mol. The Morgan fingerprint density at radius 3 is 1.95 bits per heavy atom. The summed E-state index contributed by atoms with van der Waals surface area (Å²) in [4.78, 5) is 11.0. The monoisotopic (exact) mass is 306 g/mol. The minimum Gasteiger partial charge on any atom is -0.374 e. The number of hydrogen-bond donors (Lipinski definition) is 2. The van der Waals surface area contributed by atoms with E-state index in [4.69, 9.17) is 0 Å². The van der Waals surface area contributed by atoms with Gasteiger partial charge in [-0.2, -0.15) is 13.2 Å². The molecule has 21 heavy (non-hydrogen) atoms. The lowest BCUT2D eigenvalue weighted by molar-refractivity contribution is -0.150. The molecule has 0 saturated carbocycles. The average molecular weight is 306 g/mol. The second-order valence-corrected chi connectivity index (χ2v) is 3.48. The summed E-state index contributed by atoms with van der Waals surface area (Å²) in [5.74, 6) is -0.657. The Bertz CT molecular complexity index is 367. The van der Waals surface area contributed by atoms with Gasteiger partial charge in [-0.1, -0.05) is 45.9 Å². The van der Waals surface area contributed by atoms with Gasteiger partial charge in [0.15, 0.2) is 0 Å². The first-order valence-corrected chi connectivity index (χ1v) is 7.02. The Labute approximate surface area is 124 Å². The van der Waals surface area contributed by atoms with E-state index in [0.29, 0.717) is 5.69 Å². The Morgan fingerprint density at radius 1 is 1.10 bits per heavy atom. The van der Waals surface area contributed by atoms with Gasteiger partial charge < -0.3 is 10.6 Å². The fourth-order valence-corrected chi connectivity index (χ4v) is 1.27. The molecule has 0 bridgehead atoms. The number of benzene rings is 1. The number of rotatable bonds is 4. The van der Waals surface area contributed by atoms with Crippen LogP contribution >= 0.6 is 0 Å². The highest BCUT2D eigenvalue weighted by Gasteiger charge is 2.40. The van der Waals surface area contributed by atoms with Gasteiger partial charge >= 0.3 is 6.18 Å². The van der Waals surface area contributed by atoms with Crippen molar-refractivity contribution in [1.82, 2.24) is 5.32 Å². The summed E-state index contributed by atoms with van der Waals surface area (Å²) < 4.78 is 38.0. The standard InChI is InChI=1S/C11H13F3N2O.2C2H6/c1-15-10(17)7-9(11(12,13)14)16-8-5-3-2-4-6-8;2*1-2/h2-6,9,16H,7H2,1H3,(H,15,17);2*1-2H3. The molecule has 0 aliphatic heterocycles. The molecule has 0 spiro atoms. The number of carbonyl (C=O) groups is 1. The van der Waals surface area contributed by atoms with Gasteiger partial charge in [-0.3, -0.25) is 4.79 Å². The summed E-state index contributed by atoms with van der Waals surface area (Å²) in [6.45, 7) is 8.00. The van der Waals surface area contributed by atoms with Crippen LogP contribution in [-0.4, -0.2) is 25.2 Å². The predicted molar refractivity (Wildman–Crippen MR) is 81.3 cm³/mol. The van der Waals surface area contributed by atoms with Crippen molar-refractivity contribution in [3.8, 4) is 0 Å². The first-order valence-electron chi connectivity index (χ1n) is 7.02. The van der Waals surface area contributed by atoms with Crippen LogP contribution in [0, 0.1) is 0 Å². The normalized spacial score (nSPS) is 11.0. The molecule has 1 aromatic rings. The van der Waals surface area contributed by atoms with Crippen LogP contribution in [0.1, 0.15) is 34.1 Å². The van der Waals surface area contributed by atoms with Gasteiger partial charge in [0, 0.05) is 12.7 Å². The summed E-state index contributed by atoms with van der Waals surface area (Å²) >= 11 is 0. The van der Waals surface area contributed by atoms with Crippen LogP contribution in [0.3, 0.4) is 0 Å². The molecule has 2 N–H and O–H groups in total. The van der Waals surface area contributed by atoms with E-state index in [2.05, 4.69) is 10.6 Å². The lowest BCUT2D eigenvalue weighted by Gasteiger charge is -2.21. The second kappa shape index (κ2) is 12.1. The highest BCUT2D eigenvalue weighted by atomic mass is 19.4. The molecule has 0 fully saturated rings. The molecule has 122 valence electrons. The number of carbonyl (C=O) groups excluding carboxylic acids is 1. The molecule has 1 amide bonds. The van der Waals surface area contributed by atoms with Gasteiger partial charge in [-0.25, -0.2) is 0 Å². The molecule has 1 rings (SSSR count). The lowest BCUT2D eigenvalue weighted by Crippen LogP contribution is -2.40. The molecule has 0 radical (unpaired) electrons. The Balaban J connectivity index is 0. The second-order valence-electron chi connectivity index (χ2n) is 3.48. The van der Waals surface area contributed by atoms with Gasteiger partial charge in [0.25, 0.3) is 0 Å². The maximum absolute atomic E-state index is 12.7. The molecule has 0 aliphatic carbocycles. The minimum atomic E-state index is -4.47. The van der Waals surface area contributed by atoms with Crippen LogP contribution < -0.4 is 10.6 Å². The number of hydrogen-bond acceptors (Lipinski definition) is 2. The molecule has 6 heteroatoms. The van der Waals surface area contributed by atoms with Gasteiger partial charge in [0.2, 0.25) is 5.91 Å². The van der Waals surface area contributed by atoms with Crippen LogP contribution in [0.4, 0.5) is 18.9 Å². The van der Waals surface area contributed by atoms with Crippen molar-refractivity contribution >= 4 is 11.6 Å². The zero-order valence-corrected chi connectivity index (χ0v) is 13.2. The average Bonchev–Trinajstić information content (AvgIpc) is 2.50. The molecule has 1 aromatic carbocycles. The van der Waals surface area contributed by atoms with E-state index in [1.165, 1.54) is 19.2 Å². The van der Waals surface area contributed by atoms with Crippen LogP contribution in [0.5, 0.6) is 0 Å².